The monoisotopic (exact) mass is 203 g/mol. The van der Waals surface area contributed by atoms with Gasteiger partial charge in [-0.1, -0.05) is 13.8 Å². The maximum absolute atomic E-state index is 11.1. The van der Waals surface area contributed by atoms with Crippen LogP contribution in [0.15, 0.2) is 0 Å². The summed E-state index contributed by atoms with van der Waals surface area (Å²) in [6.07, 6.45) is -1.08. The van der Waals surface area contributed by atoms with Crippen molar-refractivity contribution in [2.45, 2.75) is 26.9 Å². The van der Waals surface area contributed by atoms with Gasteiger partial charge in [0.2, 0.25) is 5.91 Å². The van der Waals surface area contributed by atoms with Gasteiger partial charge in [-0.05, 0) is 12.8 Å². The number of carbonyl (C=O) groups excluding carboxylic acids is 2. The van der Waals surface area contributed by atoms with Gasteiger partial charge in [-0.25, -0.2) is 0 Å². The van der Waals surface area contributed by atoms with Gasteiger partial charge >= 0.3 is 5.97 Å². The minimum atomic E-state index is -1.08. The van der Waals surface area contributed by atoms with E-state index in [1.165, 1.54) is 0 Å². The van der Waals surface area contributed by atoms with Gasteiger partial charge in [0.1, 0.15) is 12.6 Å². The molecule has 0 spiro atoms. The van der Waals surface area contributed by atoms with Gasteiger partial charge in [-0.2, -0.15) is 0 Å². The fourth-order valence-electron chi connectivity index (χ4n) is 0.779. The van der Waals surface area contributed by atoms with Crippen LogP contribution in [0.3, 0.4) is 0 Å². The molecule has 0 fully saturated rings. The highest BCUT2D eigenvalue weighted by Crippen LogP contribution is 1.99. The fraction of sp³-hybridized carbons (Fsp3) is 0.778. The molecule has 82 valence electrons. The van der Waals surface area contributed by atoms with Crippen LogP contribution in [0.4, 0.5) is 0 Å². The smallest absolute Gasteiger partial charge is 0.325 e. The van der Waals surface area contributed by atoms with Crippen LogP contribution in [-0.4, -0.2) is 36.2 Å². The molecule has 2 N–H and O–H groups in total. The van der Waals surface area contributed by atoms with E-state index < -0.39 is 18.0 Å². The van der Waals surface area contributed by atoms with Crippen LogP contribution >= 0.6 is 0 Å². The Kier molecular flexibility index (Phi) is 5.87. The van der Waals surface area contributed by atoms with Gasteiger partial charge in [-0.3, -0.25) is 9.59 Å². The molecule has 0 aliphatic carbocycles. The van der Waals surface area contributed by atoms with E-state index in [1.54, 1.807) is 20.8 Å². The van der Waals surface area contributed by atoms with Crippen LogP contribution in [0.25, 0.3) is 0 Å². The summed E-state index contributed by atoms with van der Waals surface area (Å²) in [6, 6.07) is 0. The molecule has 0 aromatic rings. The first-order chi connectivity index (χ1) is 6.49. The predicted octanol–water partition coefficient (Wildman–Crippen LogP) is -0.317. The maximum Gasteiger partial charge on any atom is 0.325 e. The van der Waals surface area contributed by atoms with Crippen LogP contribution in [0.5, 0.6) is 0 Å². The molecule has 0 aromatic carbocycles. The van der Waals surface area contributed by atoms with E-state index in [-0.39, 0.29) is 19.1 Å². The molecule has 5 nitrogen and oxygen atoms in total. The minimum absolute atomic E-state index is 0.169. The van der Waals surface area contributed by atoms with Crippen LogP contribution < -0.4 is 5.32 Å². The van der Waals surface area contributed by atoms with Crippen molar-refractivity contribution in [2.24, 2.45) is 5.92 Å². The third-order valence-electron chi connectivity index (χ3n) is 1.61. The lowest BCUT2D eigenvalue weighted by atomic mass is 10.1. The summed E-state index contributed by atoms with van der Waals surface area (Å²) >= 11 is 0. The van der Waals surface area contributed by atoms with Gasteiger partial charge in [0.25, 0.3) is 0 Å². The summed E-state index contributed by atoms with van der Waals surface area (Å²) in [7, 11) is 0. The third kappa shape index (κ3) is 4.81. The average Bonchev–Trinajstić information content (AvgIpc) is 2.13. The summed E-state index contributed by atoms with van der Waals surface area (Å²) in [4.78, 5) is 21.9. The third-order valence-corrected chi connectivity index (χ3v) is 1.61. The van der Waals surface area contributed by atoms with Gasteiger partial charge in [0.05, 0.1) is 6.61 Å². The number of rotatable bonds is 5. The summed E-state index contributed by atoms with van der Waals surface area (Å²) in [6.45, 7) is 5.20. The van der Waals surface area contributed by atoms with Crippen molar-refractivity contribution in [3.05, 3.63) is 0 Å². The van der Waals surface area contributed by atoms with E-state index in [4.69, 9.17) is 0 Å². The van der Waals surface area contributed by atoms with Crippen LogP contribution in [-0.2, 0) is 14.3 Å². The Morgan fingerprint density at radius 2 is 2.00 bits per heavy atom. The van der Waals surface area contributed by atoms with Crippen LogP contribution in [0, 0.1) is 5.92 Å². The molecule has 1 unspecified atom stereocenters. The molecule has 0 aliphatic heterocycles. The SMILES string of the molecule is CCOC(=O)CNC(=O)C(O)C(C)C. The summed E-state index contributed by atoms with van der Waals surface area (Å²) < 4.78 is 4.60. The standard InChI is InChI=1S/C9H17NO4/c1-4-14-7(11)5-10-9(13)8(12)6(2)3/h6,8,12H,4-5H2,1-3H3,(H,10,13). The summed E-state index contributed by atoms with van der Waals surface area (Å²) in [5.74, 6) is -1.22. The first kappa shape index (κ1) is 12.9. The average molecular weight is 203 g/mol. The molecule has 0 rings (SSSR count). The Morgan fingerprint density at radius 1 is 1.43 bits per heavy atom. The minimum Gasteiger partial charge on any atom is -0.465 e. The van der Waals surface area contributed by atoms with Crippen molar-refractivity contribution in [3.8, 4) is 0 Å². The van der Waals surface area contributed by atoms with Crippen molar-refractivity contribution >= 4 is 11.9 Å². The molecule has 0 saturated carbocycles. The maximum atomic E-state index is 11.1. The summed E-state index contributed by atoms with van der Waals surface area (Å²) in [5, 5.41) is 11.6. The highest BCUT2D eigenvalue weighted by atomic mass is 16.5. The van der Waals surface area contributed by atoms with Gasteiger partial charge in [0.15, 0.2) is 0 Å². The van der Waals surface area contributed by atoms with E-state index in [0.717, 1.165) is 0 Å². The van der Waals surface area contributed by atoms with Crippen LogP contribution in [0.1, 0.15) is 20.8 Å². The molecular formula is C9H17NO4. The Hall–Kier alpha value is -1.10. The Morgan fingerprint density at radius 3 is 2.43 bits per heavy atom. The molecule has 0 radical (unpaired) electrons. The first-order valence-corrected chi connectivity index (χ1v) is 4.60. The summed E-state index contributed by atoms with van der Waals surface area (Å²) in [5.41, 5.74) is 0. The Balaban J connectivity index is 3.79. The lowest BCUT2D eigenvalue weighted by Gasteiger charge is -2.13. The first-order valence-electron chi connectivity index (χ1n) is 4.60. The number of aliphatic hydroxyl groups is 1. The molecule has 0 aromatic heterocycles. The van der Waals surface area contributed by atoms with Crippen molar-refractivity contribution in [2.75, 3.05) is 13.2 Å². The van der Waals surface area contributed by atoms with Gasteiger partial charge in [0, 0.05) is 0 Å². The van der Waals surface area contributed by atoms with E-state index >= 15 is 0 Å². The van der Waals surface area contributed by atoms with E-state index in [9.17, 15) is 14.7 Å². The predicted molar refractivity (Wildman–Crippen MR) is 50.5 cm³/mol. The number of carbonyl (C=O) groups is 2. The fourth-order valence-corrected chi connectivity index (χ4v) is 0.779. The number of aliphatic hydroxyl groups excluding tert-OH is 1. The Labute approximate surface area is 83.4 Å². The number of ether oxygens (including phenoxy) is 1. The van der Waals surface area contributed by atoms with E-state index in [0.29, 0.717) is 0 Å². The Bertz CT molecular complexity index is 203. The lowest BCUT2D eigenvalue weighted by Crippen LogP contribution is -2.40. The molecular weight excluding hydrogens is 186 g/mol. The lowest BCUT2D eigenvalue weighted by molar-refractivity contribution is -0.144. The van der Waals surface area contributed by atoms with Crippen LogP contribution in [0.2, 0.25) is 0 Å². The van der Waals surface area contributed by atoms with Gasteiger partial charge < -0.3 is 15.2 Å². The highest BCUT2D eigenvalue weighted by Gasteiger charge is 2.19. The van der Waals surface area contributed by atoms with Crippen molar-refractivity contribution in [1.82, 2.24) is 5.32 Å². The van der Waals surface area contributed by atoms with Gasteiger partial charge in [-0.15, -0.1) is 0 Å². The molecule has 0 saturated heterocycles. The zero-order valence-corrected chi connectivity index (χ0v) is 8.74. The highest BCUT2D eigenvalue weighted by molar-refractivity contribution is 5.84. The molecule has 5 heteroatoms. The zero-order chi connectivity index (χ0) is 11.1. The van der Waals surface area contributed by atoms with Crippen molar-refractivity contribution in [1.29, 1.82) is 0 Å². The topological polar surface area (TPSA) is 75.6 Å². The number of hydrogen-bond acceptors (Lipinski definition) is 4. The molecule has 0 heterocycles. The zero-order valence-electron chi connectivity index (χ0n) is 8.74. The number of hydrogen-bond donors (Lipinski definition) is 2. The molecule has 14 heavy (non-hydrogen) atoms. The molecule has 1 atom stereocenters. The molecule has 0 aliphatic rings. The van der Waals surface area contributed by atoms with Crippen molar-refractivity contribution in [3.63, 3.8) is 0 Å². The van der Waals surface area contributed by atoms with Crippen molar-refractivity contribution < 1.29 is 19.4 Å². The largest absolute Gasteiger partial charge is 0.465 e. The normalized spacial score (nSPS) is 12.4. The second kappa shape index (κ2) is 6.37. The molecule has 1 amide bonds. The van der Waals surface area contributed by atoms with E-state index in [2.05, 4.69) is 10.1 Å². The second-order valence-corrected chi connectivity index (χ2v) is 3.21. The van der Waals surface area contributed by atoms with E-state index in [1.807, 2.05) is 0 Å². The number of amides is 1. The second-order valence-electron chi connectivity index (χ2n) is 3.21. The number of nitrogens with one attached hydrogen (secondary N) is 1. The molecule has 0 bridgehead atoms. The quantitative estimate of drug-likeness (QED) is 0.601. The number of esters is 1.